The highest BCUT2D eigenvalue weighted by atomic mass is 19.1. The van der Waals surface area contributed by atoms with Gasteiger partial charge in [-0.2, -0.15) is 5.26 Å². The number of rotatable bonds is 3. The Bertz CT molecular complexity index is 638. The van der Waals surface area contributed by atoms with Gasteiger partial charge in [-0.05, 0) is 36.2 Å². The summed E-state index contributed by atoms with van der Waals surface area (Å²) in [6.07, 6.45) is 2.27. The average Bonchev–Trinajstić information content (AvgIpc) is 2.39. The predicted molar refractivity (Wildman–Crippen MR) is 65.5 cm³/mol. The number of nitrogens with zero attached hydrogens (tertiary/aromatic N) is 2. The fourth-order valence-corrected chi connectivity index (χ4v) is 1.70. The smallest absolute Gasteiger partial charge is 0.268 e. The molecule has 90 valence electrons. The van der Waals surface area contributed by atoms with Crippen LogP contribution in [0, 0.1) is 17.1 Å². The Morgan fingerprint density at radius 3 is 2.61 bits per heavy atom. The zero-order valence-corrected chi connectivity index (χ0v) is 9.64. The van der Waals surface area contributed by atoms with Crippen molar-refractivity contribution in [3.8, 4) is 6.07 Å². The molecule has 1 aromatic heterocycles. The maximum absolute atomic E-state index is 12.7. The quantitative estimate of drug-likeness (QED) is 0.827. The summed E-state index contributed by atoms with van der Waals surface area (Å²) in [5, 5.41) is 8.75. The van der Waals surface area contributed by atoms with Crippen LogP contribution in [0.3, 0.4) is 0 Å². The van der Waals surface area contributed by atoms with Gasteiger partial charge in [-0.25, -0.2) is 4.39 Å². The van der Waals surface area contributed by atoms with E-state index in [1.807, 2.05) is 6.07 Å². The summed E-state index contributed by atoms with van der Waals surface area (Å²) in [4.78, 5) is 11.8. The van der Waals surface area contributed by atoms with Crippen molar-refractivity contribution in [3.05, 3.63) is 69.9 Å². The van der Waals surface area contributed by atoms with Crippen molar-refractivity contribution in [2.75, 3.05) is 0 Å². The van der Waals surface area contributed by atoms with E-state index >= 15 is 0 Å². The molecule has 2 rings (SSSR count). The number of hydrogen-bond acceptors (Lipinski definition) is 2. The van der Waals surface area contributed by atoms with Crippen molar-refractivity contribution < 1.29 is 4.39 Å². The van der Waals surface area contributed by atoms with Gasteiger partial charge in [-0.1, -0.05) is 12.1 Å². The van der Waals surface area contributed by atoms with Crippen molar-refractivity contribution in [2.45, 2.75) is 13.0 Å². The number of aryl methyl sites for hydroxylation is 2. The predicted octanol–water partition coefficient (Wildman–Crippen LogP) is 2.10. The number of pyridine rings is 1. The Labute approximate surface area is 104 Å². The highest BCUT2D eigenvalue weighted by Crippen LogP contribution is 2.04. The van der Waals surface area contributed by atoms with Crippen molar-refractivity contribution in [1.29, 1.82) is 5.26 Å². The largest absolute Gasteiger partial charge is 0.314 e. The lowest BCUT2D eigenvalue weighted by Crippen LogP contribution is -2.22. The molecule has 0 atom stereocenters. The Hall–Kier alpha value is -2.41. The number of nitriles is 1. The molecule has 3 nitrogen and oxygen atoms in total. The number of aromatic nitrogens is 1. The van der Waals surface area contributed by atoms with Crippen LogP contribution >= 0.6 is 0 Å². The first-order chi connectivity index (χ1) is 8.70. The third-order valence-electron chi connectivity index (χ3n) is 2.70. The van der Waals surface area contributed by atoms with E-state index in [-0.39, 0.29) is 16.9 Å². The third-order valence-corrected chi connectivity index (χ3v) is 2.70. The standard InChI is InChI=1S/C14H11FN2O/c15-13-5-3-11(4-6-13)7-9-17-8-1-2-12(10-16)14(17)18/h1-6,8H,7,9H2. The van der Waals surface area contributed by atoms with Crippen LogP contribution in [0.1, 0.15) is 11.1 Å². The van der Waals surface area contributed by atoms with Crippen LogP contribution in [0.2, 0.25) is 0 Å². The van der Waals surface area contributed by atoms with E-state index in [1.165, 1.54) is 22.8 Å². The molecule has 0 radical (unpaired) electrons. The van der Waals surface area contributed by atoms with Gasteiger partial charge in [0.15, 0.2) is 0 Å². The SMILES string of the molecule is N#Cc1cccn(CCc2ccc(F)cc2)c1=O. The Kier molecular flexibility index (Phi) is 3.54. The summed E-state index contributed by atoms with van der Waals surface area (Å²) in [6.45, 7) is 0.472. The summed E-state index contributed by atoms with van der Waals surface area (Å²) >= 11 is 0. The Morgan fingerprint density at radius 1 is 1.22 bits per heavy atom. The topological polar surface area (TPSA) is 45.8 Å². The first-order valence-electron chi connectivity index (χ1n) is 5.55. The fraction of sp³-hybridized carbons (Fsp3) is 0.143. The van der Waals surface area contributed by atoms with Crippen LogP contribution in [-0.2, 0) is 13.0 Å². The second-order valence-electron chi connectivity index (χ2n) is 3.91. The van der Waals surface area contributed by atoms with E-state index in [9.17, 15) is 9.18 Å². The molecule has 0 spiro atoms. The molecule has 0 aliphatic heterocycles. The van der Waals surface area contributed by atoms with Crippen LogP contribution in [0.4, 0.5) is 4.39 Å². The lowest BCUT2D eigenvalue weighted by atomic mass is 10.1. The third kappa shape index (κ3) is 2.64. The van der Waals surface area contributed by atoms with Gasteiger partial charge in [0.1, 0.15) is 17.4 Å². The molecule has 0 unspecified atom stereocenters. The van der Waals surface area contributed by atoms with E-state index in [1.54, 1.807) is 24.4 Å². The molecule has 0 N–H and O–H groups in total. The van der Waals surface area contributed by atoms with Gasteiger partial charge in [-0.3, -0.25) is 4.79 Å². The monoisotopic (exact) mass is 242 g/mol. The van der Waals surface area contributed by atoms with Gasteiger partial charge < -0.3 is 4.57 Å². The molecule has 0 saturated carbocycles. The van der Waals surface area contributed by atoms with Crippen molar-refractivity contribution in [3.63, 3.8) is 0 Å². The van der Waals surface area contributed by atoms with Crippen LogP contribution in [0.15, 0.2) is 47.4 Å². The minimum absolute atomic E-state index is 0.136. The number of benzene rings is 1. The Balaban J connectivity index is 2.14. The van der Waals surface area contributed by atoms with E-state index < -0.39 is 0 Å². The lowest BCUT2D eigenvalue weighted by molar-refractivity contribution is 0.624. The summed E-state index contributed by atoms with van der Waals surface area (Å²) in [5.74, 6) is -0.276. The van der Waals surface area contributed by atoms with Gasteiger partial charge in [-0.15, -0.1) is 0 Å². The second kappa shape index (κ2) is 5.28. The molecule has 18 heavy (non-hydrogen) atoms. The first kappa shape index (κ1) is 12.1. The minimum Gasteiger partial charge on any atom is -0.314 e. The molecular weight excluding hydrogens is 231 g/mol. The molecule has 0 bridgehead atoms. The summed E-state index contributed by atoms with van der Waals surface area (Å²) in [7, 11) is 0. The van der Waals surface area contributed by atoms with Crippen LogP contribution in [0.25, 0.3) is 0 Å². The molecule has 1 aromatic carbocycles. The molecular formula is C14H11FN2O. The van der Waals surface area contributed by atoms with E-state index in [4.69, 9.17) is 5.26 Å². The van der Waals surface area contributed by atoms with Gasteiger partial charge in [0.05, 0.1) is 0 Å². The Morgan fingerprint density at radius 2 is 1.94 bits per heavy atom. The first-order valence-corrected chi connectivity index (χ1v) is 5.55. The number of hydrogen-bond donors (Lipinski definition) is 0. The zero-order valence-electron chi connectivity index (χ0n) is 9.64. The maximum atomic E-state index is 12.7. The summed E-state index contributed by atoms with van der Waals surface area (Å²) < 4.78 is 14.2. The van der Waals surface area contributed by atoms with Crippen molar-refractivity contribution >= 4 is 0 Å². The van der Waals surface area contributed by atoms with Crippen molar-refractivity contribution in [1.82, 2.24) is 4.57 Å². The molecule has 0 aliphatic carbocycles. The van der Waals surface area contributed by atoms with Crippen molar-refractivity contribution in [2.24, 2.45) is 0 Å². The zero-order chi connectivity index (χ0) is 13.0. The lowest BCUT2D eigenvalue weighted by Gasteiger charge is -2.05. The molecule has 1 heterocycles. The van der Waals surface area contributed by atoms with Gasteiger partial charge in [0.25, 0.3) is 5.56 Å². The molecule has 0 saturated heterocycles. The van der Waals surface area contributed by atoms with E-state index in [2.05, 4.69) is 0 Å². The maximum Gasteiger partial charge on any atom is 0.268 e. The molecule has 4 heteroatoms. The number of halogens is 1. The fourth-order valence-electron chi connectivity index (χ4n) is 1.70. The molecule has 0 fully saturated rings. The summed E-state index contributed by atoms with van der Waals surface area (Å²) in [6, 6.07) is 11.2. The van der Waals surface area contributed by atoms with Gasteiger partial charge >= 0.3 is 0 Å². The minimum atomic E-state index is -0.290. The van der Waals surface area contributed by atoms with Gasteiger partial charge in [0, 0.05) is 12.7 Å². The van der Waals surface area contributed by atoms with Crippen LogP contribution in [-0.4, -0.2) is 4.57 Å². The highest BCUT2D eigenvalue weighted by Gasteiger charge is 2.02. The van der Waals surface area contributed by atoms with E-state index in [0.29, 0.717) is 13.0 Å². The molecule has 2 aromatic rings. The normalized spacial score (nSPS) is 10.0. The molecule has 0 amide bonds. The van der Waals surface area contributed by atoms with Crippen LogP contribution in [0.5, 0.6) is 0 Å². The second-order valence-corrected chi connectivity index (χ2v) is 3.91. The highest BCUT2D eigenvalue weighted by molar-refractivity contribution is 5.25. The van der Waals surface area contributed by atoms with E-state index in [0.717, 1.165) is 5.56 Å². The molecule has 0 aliphatic rings. The van der Waals surface area contributed by atoms with Crippen LogP contribution < -0.4 is 5.56 Å². The average molecular weight is 242 g/mol. The van der Waals surface area contributed by atoms with Gasteiger partial charge in [0.2, 0.25) is 0 Å². The summed E-state index contributed by atoms with van der Waals surface area (Å²) in [5.41, 5.74) is 0.796.